The zero-order valence-corrected chi connectivity index (χ0v) is 12.8. The summed E-state index contributed by atoms with van der Waals surface area (Å²) in [6.07, 6.45) is 7.27. The van der Waals surface area contributed by atoms with Crippen molar-refractivity contribution in [2.75, 3.05) is 40.0 Å². The van der Waals surface area contributed by atoms with Gasteiger partial charge in [0.15, 0.2) is 0 Å². The molecule has 0 bridgehead atoms. The third-order valence-corrected chi connectivity index (χ3v) is 3.93. The summed E-state index contributed by atoms with van der Waals surface area (Å²) < 4.78 is 10.5. The third-order valence-electron chi connectivity index (χ3n) is 3.93. The minimum absolute atomic E-state index is 0.442. The van der Waals surface area contributed by atoms with Crippen LogP contribution in [0.2, 0.25) is 0 Å². The Labute approximate surface area is 118 Å². The van der Waals surface area contributed by atoms with Crippen LogP contribution in [0.4, 0.5) is 0 Å². The summed E-state index contributed by atoms with van der Waals surface area (Å²) in [5, 5.41) is 0. The summed E-state index contributed by atoms with van der Waals surface area (Å²) in [6, 6.07) is 1.19. The quantitative estimate of drug-likeness (QED) is 0.618. The Balaban J connectivity index is 2.16. The summed E-state index contributed by atoms with van der Waals surface area (Å²) >= 11 is 0. The number of nitrogens with zero attached hydrogens (tertiary/aromatic N) is 1. The lowest BCUT2D eigenvalue weighted by Crippen LogP contribution is -2.42. The van der Waals surface area contributed by atoms with Crippen LogP contribution >= 0.6 is 0 Å². The van der Waals surface area contributed by atoms with Crippen LogP contribution < -0.4 is 5.73 Å². The second kappa shape index (κ2) is 10.6. The molecule has 0 aromatic rings. The Morgan fingerprint density at radius 2 is 1.79 bits per heavy atom. The molecule has 1 fully saturated rings. The molecule has 4 nitrogen and oxygen atoms in total. The van der Waals surface area contributed by atoms with Gasteiger partial charge in [-0.05, 0) is 45.1 Å². The fourth-order valence-corrected chi connectivity index (χ4v) is 2.84. The average molecular weight is 272 g/mol. The zero-order chi connectivity index (χ0) is 13.9. The molecule has 0 radical (unpaired) electrons. The van der Waals surface area contributed by atoms with Gasteiger partial charge in [0.05, 0.1) is 13.2 Å². The van der Waals surface area contributed by atoms with Crippen molar-refractivity contribution in [2.45, 2.75) is 57.5 Å². The van der Waals surface area contributed by atoms with Crippen LogP contribution in [0.1, 0.15) is 45.4 Å². The molecule has 1 saturated carbocycles. The Morgan fingerprint density at radius 1 is 1.05 bits per heavy atom. The van der Waals surface area contributed by atoms with E-state index >= 15 is 0 Å². The molecule has 19 heavy (non-hydrogen) atoms. The van der Waals surface area contributed by atoms with Crippen molar-refractivity contribution < 1.29 is 9.47 Å². The zero-order valence-electron chi connectivity index (χ0n) is 12.8. The standard InChI is InChI=1S/C15H32N2O2/c1-3-9-17(10-4-11-19-13-12-18-2)15-7-5-14(16)6-8-15/h14-15H,3-13,16H2,1-2H3. The molecule has 0 aromatic heterocycles. The third kappa shape index (κ3) is 7.25. The molecule has 0 atom stereocenters. The van der Waals surface area contributed by atoms with Gasteiger partial charge in [0.1, 0.15) is 0 Å². The summed E-state index contributed by atoms with van der Waals surface area (Å²) in [4.78, 5) is 2.64. The van der Waals surface area contributed by atoms with E-state index in [1.807, 2.05) is 0 Å². The number of hydrogen-bond acceptors (Lipinski definition) is 4. The molecule has 0 spiro atoms. The lowest BCUT2D eigenvalue weighted by molar-refractivity contribution is 0.0602. The normalized spacial score (nSPS) is 24.0. The smallest absolute Gasteiger partial charge is 0.0700 e. The molecule has 0 amide bonds. The topological polar surface area (TPSA) is 47.7 Å². The minimum atomic E-state index is 0.442. The van der Waals surface area contributed by atoms with Crippen molar-refractivity contribution in [2.24, 2.45) is 5.73 Å². The number of hydrogen-bond donors (Lipinski definition) is 1. The maximum Gasteiger partial charge on any atom is 0.0700 e. The van der Waals surface area contributed by atoms with E-state index in [1.54, 1.807) is 7.11 Å². The second-order valence-corrected chi connectivity index (χ2v) is 5.56. The van der Waals surface area contributed by atoms with Gasteiger partial charge in [-0.1, -0.05) is 6.92 Å². The summed E-state index contributed by atoms with van der Waals surface area (Å²) in [7, 11) is 1.71. The summed E-state index contributed by atoms with van der Waals surface area (Å²) in [5.74, 6) is 0. The molecular weight excluding hydrogens is 240 g/mol. The number of nitrogens with two attached hydrogens (primary N) is 1. The fourth-order valence-electron chi connectivity index (χ4n) is 2.84. The van der Waals surface area contributed by atoms with Crippen molar-refractivity contribution >= 4 is 0 Å². The summed E-state index contributed by atoms with van der Waals surface area (Å²) in [5.41, 5.74) is 5.99. The van der Waals surface area contributed by atoms with Crippen LogP contribution in [0.15, 0.2) is 0 Å². The predicted octanol–water partition coefficient (Wildman–Crippen LogP) is 2.02. The molecule has 0 heterocycles. The van der Waals surface area contributed by atoms with Crippen LogP contribution in [0.25, 0.3) is 0 Å². The van der Waals surface area contributed by atoms with E-state index in [4.69, 9.17) is 15.2 Å². The van der Waals surface area contributed by atoms with Gasteiger partial charge in [0.2, 0.25) is 0 Å². The fraction of sp³-hybridized carbons (Fsp3) is 1.00. The van der Waals surface area contributed by atoms with E-state index in [2.05, 4.69) is 11.8 Å². The molecule has 114 valence electrons. The number of ether oxygens (including phenoxy) is 2. The highest BCUT2D eigenvalue weighted by atomic mass is 16.5. The van der Waals surface area contributed by atoms with Gasteiger partial charge in [-0.2, -0.15) is 0 Å². The maximum absolute atomic E-state index is 5.99. The van der Waals surface area contributed by atoms with Crippen LogP contribution in [-0.4, -0.2) is 57.0 Å². The van der Waals surface area contributed by atoms with Crippen LogP contribution in [0, 0.1) is 0 Å². The number of rotatable bonds is 10. The lowest BCUT2D eigenvalue weighted by atomic mass is 9.90. The minimum Gasteiger partial charge on any atom is -0.382 e. The maximum atomic E-state index is 5.99. The molecule has 1 aliphatic carbocycles. The molecular formula is C15H32N2O2. The Morgan fingerprint density at radius 3 is 2.42 bits per heavy atom. The van der Waals surface area contributed by atoms with Crippen molar-refractivity contribution in [3.63, 3.8) is 0 Å². The van der Waals surface area contributed by atoms with E-state index in [-0.39, 0.29) is 0 Å². The van der Waals surface area contributed by atoms with E-state index in [1.165, 1.54) is 38.6 Å². The summed E-state index contributed by atoms with van der Waals surface area (Å²) in [6.45, 7) is 6.87. The first kappa shape index (κ1) is 16.9. The van der Waals surface area contributed by atoms with Crippen molar-refractivity contribution in [3.05, 3.63) is 0 Å². The van der Waals surface area contributed by atoms with E-state index in [0.717, 1.165) is 25.6 Å². The van der Waals surface area contributed by atoms with Crippen LogP contribution in [0.3, 0.4) is 0 Å². The SMILES string of the molecule is CCCN(CCCOCCOC)C1CCC(N)CC1. The first-order chi connectivity index (χ1) is 9.27. The molecule has 0 saturated heterocycles. The van der Waals surface area contributed by atoms with E-state index in [0.29, 0.717) is 19.3 Å². The second-order valence-electron chi connectivity index (χ2n) is 5.56. The van der Waals surface area contributed by atoms with Gasteiger partial charge in [0.25, 0.3) is 0 Å². The van der Waals surface area contributed by atoms with Crippen molar-refractivity contribution in [3.8, 4) is 0 Å². The Bertz CT molecular complexity index is 206. The van der Waals surface area contributed by atoms with Crippen molar-refractivity contribution in [1.82, 2.24) is 4.90 Å². The van der Waals surface area contributed by atoms with Gasteiger partial charge >= 0.3 is 0 Å². The van der Waals surface area contributed by atoms with Crippen molar-refractivity contribution in [1.29, 1.82) is 0 Å². The van der Waals surface area contributed by atoms with E-state index in [9.17, 15) is 0 Å². The lowest BCUT2D eigenvalue weighted by Gasteiger charge is -2.36. The van der Waals surface area contributed by atoms with Gasteiger partial charge in [-0.25, -0.2) is 0 Å². The molecule has 4 heteroatoms. The largest absolute Gasteiger partial charge is 0.382 e. The van der Waals surface area contributed by atoms with Gasteiger partial charge in [-0.3, -0.25) is 0 Å². The molecule has 0 aromatic carbocycles. The highest BCUT2D eigenvalue weighted by Crippen LogP contribution is 2.22. The Hall–Kier alpha value is -0.160. The number of methoxy groups -OCH3 is 1. The first-order valence-corrected chi connectivity index (χ1v) is 7.84. The van der Waals surface area contributed by atoms with Crippen LogP contribution in [0.5, 0.6) is 0 Å². The molecule has 1 rings (SSSR count). The average Bonchev–Trinajstić information content (AvgIpc) is 2.42. The molecule has 2 N–H and O–H groups in total. The van der Waals surface area contributed by atoms with Gasteiger partial charge in [0, 0.05) is 32.3 Å². The first-order valence-electron chi connectivity index (χ1n) is 7.84. The highest BCUT2D eigenvalue weighted by Gasteiger charge is 2.23. The van der Waals surface area contributed by atoms with Gasteiger partial charge < -0.3 is 20.1 Å². The molecule has 0 unspecified atom stereocenters. The molecule has 1 aliphatic rings. The van der Waals surface area contributed by atoms with Gasteiger partial charge in [-0.15, -0.1) is 0 Å². The highest BCUT2D eigenvalue weighted by molar-refractivity contribution is 4.81. The molecule has 0 aliphatic heterocycles. The predicted molar refractivity (Wildman–Crippen MR) is 79.4 cm³/mol. The van der Waals surface area contributed by atoms with Crippen LogP contribution in [-0.2, 0) is 9.47 Å². The Kier molecular flexibility index (Phi) is 9.43. The monoisotopic (exact) mass is 272 g/mol. The van der Waals surface area contributed by atoms with E-state index < -0.39 is 0 Å².